The van der Waals surface area contributed by atoms with E-state index in [4.69, 9.17) is 9.47 Å². The second-order valence-electron chi connectivity index (χ2n) is 7.71. The molecule has 0 aromatic heterocycles. The van der Waals surface area contributed by atoms with Crippen LogP contribution < -0.4 is 0 Å². The van der Waals surface area contributed by atoms with Crippen molar-refractivity contribution >= 4 is 11.9 Å². The number of carbonyl (C=O) groups is 2. The third kappa shape index (κ3) is 4.77. The summed E-state index contributed by atoms with van der Waals surface area (Å²) in [4.78, 5) is 25.0. The maximum Gasteiger partial charge on any atom is 0.343 e. The van der Waals surface area contributed by atoms with Crippen molar-refractivity contribution < 1.29 is 19.1 Å². The van der Waals surface area contributed by atoms with Gasteiger partial charge in [0.15, 0.2) is 6.10 Å². The Labute approximate surface area is 165 Å². The molecule has 2 aromatic rings. The monoisotopic (exact) mass is 376 g/mol. The molecule has 3 rings (SSSR count). The maximum atomic E-state index is 12.5. The van der Waals surface area contributed by atoms with Crippen molar-refractivity contribution in [3.63, 3.8) is 0 Å². The lowest BCUT2D eigenvalue weighted by Crippen LogP contribution is -2.27. The van der Waals surface area contributed by atoms with Gasteiger partial charge in [-0.1, -0.05) is 63.2 Å². The zero-order valence-electron chi connectivity index (χ0n) is 16.3. The first-order chi connectivity index (χ1) is 13.3. The maximum absolute atomic E-state index is 12.5. The Morgan fingerprint density at radius 1 is 0.857 bits per heavy atom. The fraction of sp³-hybridized carbons (Fsp3) is 0.250. The number of rotatable bonds is 4. The van der Waals surface area contributed by atoms with Gasteiger partial charge < -0.3 is 9.47 Å². The summed E-state index contributed by atoms with van der Waals surface area (Å²) in [5.74, 6) is -0.562. The first-order valence-electron chi connectivity index (χ1n) is 9.30. The largest absolute Gasteiger partial charge is 0.450 e. The van der Waals surface area contributed by atoms with Crippen molar-refractivity contribution in [3.8, 4) is 0 Å². The van der Waals surface area contributed by atoms with Gasteiger partial charge in [-0.15, -0.1) is 0 Å². The molecular weight excluding hydrogens is 352 g/mol. The second-order valence-corrected chi connectivity index (χ2v) is 7.71. The molecule has 0 saturated carbocycles. The average molecular weight is 376 g/mol. The van der Waals surface area contributed by atoms with Gasteiger partial charge >= 0.3 is 11.9 Å². The average Bonchev–Trinajstić information content (AvgIpc) is 2.69. The topological polar surface area (TPSA) is 52.6 Å². The highest BCUT2D eigenvalue weighted by atomic mass is 16.6. The zero-order valence-corrected chi connectivity index (χ0v) is 16.3. The van der Waals surface area contributed by atoms with Crippen molar-refractivity contribution in [1.29, 1.82) is 0 Å². The highest BCUT2D eigenvalue weighted by Gasteiger charge is 2.29. The van der Waals surface area contributed by atoms with E-state index >= 15 is 0 Å². The van der Waals surface area contributed by atoms with Gasteiger partial charge in [0, 0.05) is 6.42 Å². The van der Waals surface area contributed by atoms with Gasteiger partial charge in [0.1, 0.15) is 5.76 Å². The Bertz CT molecular complexity index is 903. The van der Waals surface area contributed by atoms with Gasteiger partial charge in [-0.05, 0) is 41.3 Å². The SMILES string of the molecule is CC(C)(C)C1=CCC(OC(=O)c2ccccc2)C(OC(=O)c2ccccc2)=C1. The summed E-state index contributed by atoms with van der Waals surface area (Å²) in [6.07, 6.45) is 3.65. The quantitative estimate of drug-likeness (QED) is 0.677. The molecule has 0 aliphatic heterocycles. The second kappa shape index (κ2) is 8.26. The number of ether oxygens (including phenoxy) is 2. The predicted octanol–water partition coefficient (Wildman–Crippen LogP) is 5.33. The molecule has 1 unspecified atom stereocenters. The van der Waals surface area contributed by atoms with Gasteiger partial charge in [-0.25, -0.2) is 9.59 Å². The Morgan fingerprint density at radius 3 is 1.93 bits per heavy atom. The van der Waals surface area contributed by atoms with Crippen LogP contribution in [0.25, 0.3) is 0 Å². The molecule has 4 heteroatoms. The first kappa shape index (κ1) is 19.6. The smallest absolute Gasteiger partial charge is 0.343 e. The van der Waals surface area contributed by atoms with E-state index in [2.05, 4.69) is 20.8 Å². The highest BCUT2D eigenvalue weighted by Crippen LogP contribution is 2.33. The number of allylic oxidation sites excluding steroid dienone is 2. The van der Waals surface area contributed by atoms with Crippen LogP contribution in [0.2, 0.25) is 0 Å². The van der Waals surface area contributed by atoms with E-state index < -0.39 is 18.0 Å². The fourth-order valence-corrected chi connectivity index (χ4v) is 2.89. The van der Waals surface area contributed by atoms with Crippen LogP contribution in [0.5, 0.6) is 0 Å². The molecule has 0 amide bonds. The van der Waals surface area contributed by atoms with Gasteiger partial charge in [-0.3, -0.25) is 0 Å². The van der Waals surface area contributed by atoms with E-state index in [1.54, 1.807) is 48.5 Å². The van der Waals surface area contributed by atoms with Gasteiger partial charge in [0.05, 0.1) is 11.1 Å². The third-order valence-electron chi connectivity index (χ3n) is 4.51. The van der Waals surface area contributed by atoms with Crippen molar-refractivity contribution in [1.82, 2.24) is 0 Å². The molecule has 0 bridgehead atoms. The summed E-state index contributed by atoms with van der Waals surface area (Å²) in [5.41, 5.74) is 1.83. The lowest BCUT2D eigenvalue weighted by atomic mass is 9.82. The van der Waals surface area contributed by atoms with Crippen LogP contribution in [0.15, 0.2) is 84.1 Å². The van der Waals surface area contributed by atoms with E-state index in [1.165, 1.54) is 0 Å². The molecule has 0 saturated heterocycles. The number of hydrogen-bond donors (Lipinski definition) is 0. The van der Waals surface area contributed by atoms with Crippen molar-refractivity contribution in [2.45, 2.75) is 33.3 Å². The number of hydrogen-bond acceptors (Lipinski definition) is 4. The van der Waals surface area contributed by atoms with Crippen molar-refractivity contribution in [2.75, 3.05) is 0 Å². The predicted molar refractivity (Wildman–Crippen MR) is 108 cm³/mol. The standard InChI is InChI=1S/C24H24O4/c1-24(2,3)19-14-15-20(27-22(25)17-10-6-4-7-11-17)21(16-19)28-23(26)18-12-8-5-9-13-18/h4-14,16,20H,15H2,1-3H3. The van der Waals surface area contributed by atoms with E-state index in [0.29, 0.717) is 23.3 Å². The minimum atomic E-state index is -0.647. The van der Waals surface area contributed by atoms with Gasteiger partial charge in [-0.2, -0.15) is 0 Å². The first-order valence-corrected chi connectivity index (χ1v) is 9.30. The molecule has 2 aromatic carbocycles. The molecule has 1 aliphatic carbocycles. The molecule has 0 heterocycles. The van der Waals surface area contributed by atoms with E-state index in [9.17, 15) is 9.59 Å². The molecule has 0 fully saturated rings. The van der Waals surface area contributed by atoms with Crippen LogP contribution in [0.3, 0.4) is 0 Å². The molecule has 28 heavy (non-hydrogen) atoms. The van der Waals surface area contributed by atoms with Crippen LogP contribution >= 0.6 is 0 Å². The van der Waals surface area contributed by atoms with Crippen LogP contribution in [0.4, 0.5) is 0 Å². The summed E-state index contributed by atoms with van der Waals surface area (Å²) >= 11 is 0. The number of benzene rings is 2. The van der Waals surface area contributed by atoms with Crippen LogP contribution in [0.1, 0.15) is 47.9 Å². The summed E-state index contributed by atoms with van der Waals surface area (Å²) in [5, 5.41) is 0. The summed E-state index contributed by atoms with van der Waals surface area (Å²) in [6, 6.07) is 17.6. The van der Waals surface area contributed by atoms with Crippen LogP contribution in [0, 0.1) is 5.41 Å². The van der Waals surface area contributed by atoms with Crippen LogP contribution in [-0.2, 0) is 9.47 Å². The normalized spacial score (nSPS) is 16.6. The fourth-order valence-electron chi connectivity index (χ4n) is 2.89. The highest BCUT2D eigenvalue weighted by molar-refractivity contribution is 5.91. The van der Waals surface area contributed by atoms with E-state index in [-0.39, 0.29) is 5.41 Å². The number of carbonyl (C=O) groups excluding carboxylic acids is 2. The van der Waals surface area contributed by atoms with Crippen molar-refractivity contribution in [2.24, 2.45) is 5.41 Å². The lowest BCUT2D eigenvalue weighted by Gasteiger charge is -2.28. The van der Waals surface area contributed by atoms with E-state index in [0.717, 1.165) is 5.57 Å². The Morgan fingerprint density at radius 2 is 1.39 bits per heavy atom. The molecule has 4 nitrogen and oxygen atoms in total. The Hall–Kier alpha value is -3.14. The van der Waals surface area contributed by atoms with Crippen molar-refractivity contribution in [3.05, 3.63) is 95.3 Å². The molecule has 1 atom stereocenters. The van der Waals surface area contributed by atoms with Crippen LogP contribution in [-0.4, -0.2) is 18.0 Å². The minimum Gasteiger partial charge on any atom is -0.450 e. The summed E-state index contributed by atoms with van der Waals surface area (Å²) < 4.78 is 11.3. The molecule has 0 N–H and O–H groups in total. The minimum absolute atomic E-state index is 0.112. The molecular formula is C24H24O4. The zero-order chi connectivity index (χ0) is 20.1. The Kier molecular flexibility index (Phi) is 5.78. The van der Waals surface area contributed by atoms with Gasteiger partial charge in [0.2, 0.25) is 0 Å². The summed E-state index contributed by atoms with van der Waals surface area (Å²) in [6.45, 7) is 6.26. The Balaban J connectivity index is 1.83. The van der Waals surface area contributed by atoms with E-state index in [1.807, 2.05) is 24.3 Å². The summed E-state index contributed by atoms with van der Waals surface area (Å²) in [7, 11) is 0. The molecule has 144 valence electrons. The van der Waals surface area contributed by atoms with Gasteiger partial charge in [0.25, 0.3) is 0 Å². The molecule has 1 aliphatic rings. The third-order valence-corrected chi connectivity index (χ3v) is 4.51. The molecule has 0 radical (unpaired) electrons. The molecule has 0 spiro atoms. The number of esters is 2. The lowest BCUT2D eigenvalue weighted by molar-refractivity contribution is 0.0200.